The van der Waals surface area contributed by atoms with Crippen LogP contribution in [0, 0.1) is 0 Å². The van der Waals surface area contributed by atoms with Gasteiger partial charge in [0.2, 0.25) is 5.91 Å². The van der Waals surface area contributed by atoms with Crippen molar-refractivity contribution in [2.45, 2.75) is 238 Å². The molecule has 0 rings (SSSR count). The smallest absolute Gasteiger partial charge is 0.472 e. The van der Waals surface area contributed by atoms with Gasteiger partial charge in [0.25, 0.3) is 0 Å². The SMILES string of the molecule is CCCCC/C=C\C/C=C\CCCCCCCCCCCCCCCC(=O)NC(COP(=O)(O)OCC(O)COC(=O)CCCCCCCCCCCCCC)C(=O)O. The van der Waals surface area contributed by atoms with E-state index < -0.39 is 57.6 Å². The molecule has 0 aliphatic rings. The van der Waals surface area contributed by atoms with Crippen molar-refractivity contribution < 1.29 is 47.8 Å². The summed E-state index contributed by atoms with van der Waals surface area (Å²) >= 11 is 0. The molecule has 4 N–H and O–H groups in total. The van der Waals surface area contributed by atoms with E-state index in [1.807, 2.05) is 0 Å². The third-order valence-corrected chi connectivity index (χ3v) is 11.4. The molecule has 0 spiro atoms. The summed E-state index contributed by atoms with van der Waals surface area (Å²) in [6.45, 7) is 2.59. The number of carboxylic acid groups (broad SMARTS) is 1. The third-order valence-electron chi connectivity index (χ3n) is 10.5. The Hall–Kier alpha value is -2.04. The first-order chi connectivity index (χ1) is 28.6. The molecule has 1 amide bonds. The van der Waals surface area contributed by atoms with Gasteiger partial charge in [-0.05, 0) is 44.9 Å². The summed E-state index contributed by atoms with van der Waals surface area (Å²) in [5, 5.41) is 21.9. The van der Waals surface area contributed by atoms with Crippen molar-refractivity contribution in [3.8, 4) is 0 Å². The van der Waals surface area contributed by atoms with Crippen molar-refractivity contribution in [2.75, 3.05) is 19.8 Å². The fourth-order valence-electron chi connectivity index (χ4n) is 6.76. The van der Waals surface area contributed by atoms with Crippen LogP contribution in [0.4, 0.5) is 0 Å². The largest absolute Gasteiger partial charge is 0.480 e. The average molecular weight is 858 g/mol. The monoisotopic (exact) mass is 858 g/mol. The molecule has 0 radical (unpaired) electrons. The number of carboxylic acids is 1. The van der Waals surface area contributed by atoms with Crippen LogP contribution in [0.5, 0.6) is 0 Å². The van der Waals surface area contributed by atoms with Crippen LogP contribution >= 0.6 is 7.82 Å². The Bertz CT molecular complexity index is 1100. The van der Waals surface area contributed by atoms with E-state index in [1.165, 1.54) is 141 Å². The highest BCUT2D eigenvalue weighted by Crippen LogP contribution is 2.43. The number of phosphoric acid groups is 1. The van der Waals surface area contributed by atoms with E-state index in [4.69, 9.17) is 13.8 Å². The molecule has 0 aromatic heterocycles. The van der Waals surface area contributed by atoms with Crippen molar-refractivity contribution in [1.29, 1.82) is 0 Å². The summed E-state index contributed by atoms with van der Waals surface area (Å²) in [6.07, 6.45) is 44.9. The van der Waals surface area contributed by atoms with Crippen LogP contribution in [0.2, 0.25) is 0 Å². The molecule has 0 saturated heterocycles. The van der Waals surface area contributed by atoms with E-state index in [1.54, 1.807) is 0 Å². The first kappa shape index (κ1) is 57.0. The number of ether oxygens (including phenoxy) is 1. The first-order valence-electron chi connectivity index (χ1n) is 23.9. The Labute approximate surface area is 359 Å². The molecule has 0 saturated carbocycles. The fourth-order valence-corrected chi connectivity index (χ4v) is 7.53. The molecule has 0 aliphatic heterocycles. The molecule has 3 unspecified atom stereocenters. The predicted molar refractivity (Wildman–Crippen MR) is 240 cm³/mol. The summed E-state index contributed by atoms with van der Waals surface area (Å²) in [6, 6.07) is -1.54. The van der Waals surface area contributed by atoms with Gasteiger partial charge in [-0.2, -0.15) is 0 Å². The quantitative estimate of drug-likeness (QED) is 0.0200. The van der Waals surface area contributed by atoms with Crippen LogP contribution in [0.15, 0.2) is 24.3 Å². The lowest BCUT2D eigenvalue weighted by Gasteiger charge is -2.18. The molecule has 59 heavy (non-hydrogen) atoms. The van der Waals surface area contributed by atoms with Gasteiger partial charge < -0.3 is 25.2 Å². The number of aliphatic hydroxyl groups is 1. The Morgan fingerprint density at radius 2 is 0.932 bits per heavy atom. The first-order valence-corrected chi connectivity index (χ1v) is 25.4. The van der Waals surface area contributed by atoms with Crippen LogP contribution in [0.1, 0.15) is 226 Å². The number of carbonyl (C=O) groups excluding carboxylic acids is 2. The zero-order valence-corrected chi connectivity index (χ0v) is 38.5. The zero-order valence-electron chi connectivity index (χ0n) is 37.6. The van der Waals surface area contributed by atoms with Gasteiger partial charge in [-0.15, -0.1) is 0 Å². The lowest BCUT2D eigenvalue weighted by atomic mass is 10.0. The molecule has 0 aromatic carbocycles. The Balaban J connectivity index is 3.82. The number of carbonyl (C=O) groups is 3. The van der Waals surface area contributed by atoms with Gasteiger partial charge >= 0.3 is 19.8 Å². The van der Waals surface area contributed by atoms with Gasteiger partial charge in [-0.3, -0.25) is 18.6 Å². The standard InChI is InChI=1S/C47H88NO10P/c1-3-5-7-9-11-13-15-17-18-19-20-21-22-23-24-25-26-27-28-30-32-34-36-38-45(50)48-44(47(52)53)42-58-59(54,55)57-41-43(49)40-56-46(51)39-37-35-33-31-29-16-14-12-10-8-6-4-2/h11,13,17-18,43-44,49H,3-10,12,14-16,19-42H2,1-2H3,(H,48,50)(H,52,53)(H,54,55)/b13-11-,18-17-. The fraction of sp³-hybridized carbons (Fsp3) is 0.851. The number of nitrogens with one attached hydrogen (secondary N) is 1. The van der Waals surface area contributed by atoms with Gasteiger partial charge in [0.05, 0.1) is 13.2 Å². The van der Waals surface area contributed by atoms with Crippen LogP contribution in [-0.4, -0.2) is 64.9 Å². The van der Waals surface area contributed by atoms with Crippen LogP contribution in [0.3, 0.4) is 0 Å². The van der Waals surface area contributed by atoms with Crippen molar-refractivity contribution in [3.63, 3.8) is 0 Å². The van der Waals surface area contributed by atoms with Crippen molar-refractivity contribution in [1.82, 2.24) is 5.32 Å². The normalized spacial score (nSPS) is 13.8. The van der Waals surface area contributed by atoms with Gasteiger partial charge in [0.15, 0.2) is 6.04 Å². The summed E-state index contributed by atoms with van der Waals surface area (Å²) in [5.74, 6) is -2.36. The maximum atomic E-state index is 12.3. The van der Waals surface area contributed by atoms with Crippen LogP contribution in [-0.2, 0) is 32.7 Å². The van der Waals surface area contributed by atoms with E-state index in [-0.39, 0.29) is 12.8 Å². The minimum absolute atomic E-state index is 0.147. The number of aliphatic hydroxyl groups excluding tert-OH is 1. The topological polar surface area (TPSA) is 169 Å². The van der Waals surface area contributed by atoms with Crippen LogP contribution in [0.25, 0.3) is 0 Å². The maximum Gasteiger partial charge on any atom is 0.472 e. The number of rotatable bonds is 45. The number of hydrogen-bond acceptors (Lipinski definition) is 8. The number of allylic oxidation sites excluding steroid dienone is 4. The maximum absolute atomic E-state index is 12.3. The molecule has 3 atom stereocenters. The molecule has 0 heterocycles. The predicted octanol–water partition coefficient (Wildman–Crippen LogP) is 12.6. The lowest BCUT2D eigenvalue weighted by Crippen LogP contribution is -2.43. The van der Waals surface area contributed by atoms with Crippen molar-refractivity contribution in [2.24, 2.45) is 0 Å². The van der Waals surface area contributed by atoms with Crippen molar-refractivity contribution in [3.05, 3.63) is 24.3 Å². The summed E-state index contributed by atoms with van der Waals surface area (Å²) in [4.78, 5) is 46.0. The second-order valence-corrected chi connectivity index (χ2v) is 17.8. The molecule has 346 valence electrons. The molecular weight excluding hydrogens is 769 g/mol. The second-order valence-electron chi connectivity index (χ2n) is 16.3. The van der Waals surface area contributed by atoms with E-state index in [9.17, 15) is 34.1 Å². The number of hydrogen-bond donors (Lipinski definition) is 4. The van der Waals surface area contributed by atoms with E-state index >= 15 is 0 Å². The highest BCUT2D eigenvalue weighted by Gasteiger charge is 2.28. The number of phosphoric ester groups is 1. The highest BCUT2D eigenvalue weighted by molar-refractivity contribution is 7.47. The molecule has 12 heteroatoms. The Morgan fingerprint density at radius 1 is 0.542 bits per heavy atom. The average Bonchev–Trinajstić information content (AvgIpc) is 3.21. The van der Waals surface area contributed by atoms with Gasteiger partial charge in [-0.25, -0.2) is 9.36 Å². The zero-order chi connectivity index (χ0) is 43.5. The lowest BCUT2D eigenvalue weighted by molar-refractivity contribution is -0.147. The van der Waals surface area contributed by atoms with Gasteiger partial charge in [-0.1, -0.05) is 192 Å². The highest BCUT2D eigenvalue weighted by atomic mass is 31.2. The van der Waals surface area contributed by atoms with E-state index in [0.29, 0.717) is 12.8 Å². The molecule has 11 nitrogen and oxygen atoms in total. The minimum Gasteiger partial charge on any atom is -0.480 e. The summed E-state index contributed by atoms with van der Waals surface area (Å²) < 4.78 is 26.9. The molecule has 0 bridgehead atoms. The van der Waals surface area contributed by atoms with E-state index in [2.05, 4.69) is 43.5 Å². The number of unbranched alkanes of at least 4 members (excludes halogenated alkanes) is 27. The summed E-state index contributed by atoms with van der Waals surface area (Å²) in [5.41, 5.74) is 0. The second kappa shape index (κ2) is 42.6. The van der Waals surface area contributed by atoms with E-state index in [0.717, 1.165) is 44.9 Å². The Morgan fingerprint density at radius 3 is 1.41 bits per heavy atom. The Kier molecular flexibility index (Phi) is 41.2. The molecular formula is C47H88NO10P. The molecule has 0 aliphatic carbocycles. The van der Waals surface area contributed by atoms with Crippen LogP contribution < -0.4 is 5.32 Å². The molecule has 0 fully saturated rings. The van der Waals surface area contributed by atoms with Gasteiger partial charge in [0, 0.05) is 12.8 Å². The minimum atomic E-state index is -4.75. The number of esters is 1. The number of amides is 1. The number of aliphatic carboxylic acids is 1. The third kappa shape index (κ3) is 42.4. The molecule has 0 aromatic rings. The summed E-state index contributed by atoms with van der Waals surface area (Å²) in [7, 11) is -4.75. The van der Waals surface area contributed by atoms with Crippen molar-refractivity contribution >= 4 is 25.7 Å². The van der Waals surface area contributed by atoms with Gasteiger partial charge in [0.1, 0.15) is 12.7 Å².